The van der Waals surface area contributed by atoms with E-state index in [9.17, 15) is 9.59 Å². The SMILES string of the molecule is Cn1c(-c2cccc(NC(=O)c3cccc(NC(=O)c4ccco4)c3)c2)nc2ccccc21. The fourth-order valence-corrected chi connectivity index (χ4v) is 3.68. The van der Waals surface area contributed by atoms with Crippen molar-refractivity contribution in [3.8, 4) is 11.4 Å². The molecule has 0 bridgehead atoms. The smallest absolute Gasteiger partial charge is 0.291 e. The van der Waals surface area contributed by atoms with E-state index in [1.807, 2.05) is 60.1 Å². The van der Waals surface area contributed by atoms with Crippen LogP contribution in [0.4, 0.5) is 11.4 Å². The van der Waals surface area contributed by atoms with Crippen LogP contribution < -0.4 is 10.6 Å². The third-order valence-corrected chi connectivity index (χ3v) is 5.29. The van der Waals surface area contributed by atoms with E-state index in [0.717, 1.165) is 22.4 Å². The van der Waals surface area contributed by atoms with Crippen LogP contribution in [0.15, 0.2) is 95.6 Å². The van der Waals surface area contributed by atoms with Crippen molar-refractivity contribution in [2.24, 2.45) is 7.05 Å². The zero-order valence-electron chi connectivity index (χ0n) is 17.8. The van der Waals surface area contributed by atoms with Gasteiger partial charge in [-0.25, -0.2) is 4.98 Å². The number of rotatable bonds is 5. The summed E-state index contributed by atoms with van der Waals surface area (Å²) in [5, 5.41) is 5.65. The second-order valence-electron chi connectivity index (χ2n) is 7.53. The fourth-order valence-electron chi connectivity index (χ4n) is 3.68. The summed E-state index contributed by atoms with van der Waals surface area (Å²) >= 11 is 0. The zero-order chi connectivity index (χ0) is 22.8. The highest BCUT2D eigenvalue weighted by Gasteiger charge is 2.13. The molecule has 33 heavy (non-hydrogen) atoms. The van der Waals surface area contributed by atoms with Crippen LogP contribution in [-0.4, -0.2) is 21.4 Å². The number of furan rings is 1. The minimum atomic E-state index is -0.382. The Labute approximate surface area is 189 Å². The Hall–Kier alpha value is -4.65. The topological polar surface area (TPSA) is 89.2 Å². The number of aryl methyl sites for hydroxylation is 1. The maximum Gasteiger partial charge on any atom is 0.291 e. The summed E-state index contributed by atoms with van der Waals surface area (Å²) in [6, 6.07) is 25.4. The number of imidazole rings is 1. The largest absolute Gasteiger partial charge is 0.459 e. The molecule has 2 amide bonds. The molecule has 3 aromatic carbocycles. The van der Waals surface area contributed by atoms with Gasteiger partial charge < -0.3 is 19.6 Å². The van der Waals surface area contributed by atoms with Crippen molar-refractivity contribution in [2.75, 3.05) is 10.6 Å². The molecule has 2 N–H and O–H groups in total. The van der Waals surface area contributed by atoms with E-state index in [1.54, 1.807) is 36.4 Å². The third-order valence-electron chi connectivity index (χ3n) is 5.29. The number of fused-ring (bicyclic) bond motifs is 1. The van der Waals surface area contributed by atoms with Gasteiger partial charge in [-0.2, -0.15) is 0 Å². The Bertz CT molecular complexity index is 1470. The second-order valence-corrected chi connectivity index (χ2v) is 7.53. The fraction of sp³-hybridized carbons (Fsp3) is 0.0385. The van der Waals surface area contributed by atoms with E-state index < -0.39 is 0 Å². The van der Waals surface area contributed by atoms with E-state index in [1.165, 1.54) is 6.26 Å². The van der Waals surface area contributed by atoms with Crippen molar-refractivity contribution in [1.82, 2.24) is 9.55 Å². The van der Waals surface area contributed by atoms with Gasteiger partial charge in [-0.1, -0.05) is 30.3 Å². The first-order valence-corrected chi connectivity index (χ1v) is 10.4. The number of carbonyl (C=O) groups excluding carboxylic acids is 2. The van der Waals surface area contributed by atoms with Crippen LogP contribution in [-0.2, 0) is 7.05 Å². The average molecular weight is 436 g/mol. The summed E-state index contributed by atoms with van der Waals surface area (Å²) in [4.78, 5) is 29.8. The molecule has 0 aliphatic heterocycles. The molecule has 7 nitrogen and oxygen atoms in total. The molecular weight excluding hydrogens is 416 g/mol. The van der Waals surface area contributed by atoms with E-state index in [4.69, 9.17) is 9.40 Å². The van der Waals surface area contributed by atoms with Gasteiger partial charge in [0.25, 0.3) is 11.8 Å². The minimum Gasteiger partial charge on any atom is -0.459 e. The van der Waals surface area contributed by atoms with Crippen molar-refractivity contribution >= 4 is 34.2 Å². The van der Waals surface area contributed by atoms with Crippen LogP contribution in [0.25, 0.3) is 22.4 Å². The van der Waals surface area contributed by atoms with Gasteiger partial charge in [-0.05, 0) is 54.6 Å². The maximum absolute atomic E-state index is 12.9. The van der Waals surface area contributed by atoms with Crippen LogP contribution in [0.2, 0.25) is 0 Å². The summed E-state index contributed by atoms with van der Waals surface area (Å²) in [5.41, 5.74) is 4.41. The molecular formula is C26H20N4O3. The van der Waals surface area contributed by atoms with Gasteiger partial charge in [0, 0.05) is 29.5 Å². The number of carbonyl (C=O) groups is 2. The lowest BCUT2D eigenvalue weighted by Crippen LogP contribution is -2.14. The van der Waals surface area contributed by atoms with Crippen LogP contribution >= 0.6 is 0 Å². The van der Waals surface area contributed by atoms with Gasteiger partial charge in [0.1, 0.15) is 5.82 Å². The van der Waals surface area contributed by atoms with Crippen LogP contribution in [0.3, 0.4) is 0 Å². The third kappa shape index (κ3) is 4.12. The normalized spacial score (nSPS) is 10.8. The molecule has 5 aromatic rings. The lowest BCUT2D eigenvalue weighted by molar-refractivity contribution is 0.0993. The highest BCUT2D eigenvalue weighted by atomic mass is 16.3. The van der Waals surface area contributed by atoms with Crippen LogP contribution in [0.5, 0.6) is 0 Å². The number of nitrogens with one attached hydrogen (secondary N) is 2. The molecule has 0 spiro atoms. The molecule has 0 atom stereocenters. The average Bonchev–Trinajstić information content (AvgIpc) is 3.48. The van der Waals surface area contributed by atoms with Gasteiger partial charge in [0.2, 0.25) is 0 Å². The Balaban J connectivity index is 1.35. The quantitative estimate of drug-likeness (QED) is 0.389. The van der Waals surface area contributed by atoms with Crippen molar-refractivity contribution in [3.05, 3.63) is 103 Å². The molecule has 7 heteroatoms. The standard InChI is InChI=1S/C26H20N4O3/c1-30-22-12-3-2-11-21(22)29-24(30)17-7-4-9-19(15-17)27-25(31)18-8-5-10-20(16-18)28-26(32)23-13-6-14-33-23/h2-16H,1H3,(H,27,31)(H,28,32). The summed E-state index contributed by atoms with van der Waals surface area (Å²) in [6.07, 6.45) is 1.43. The Morgan fingerprint density at radius 3 is 2.36 bits per heavy atom. The van der Waals surface area contributed by atoms with E-state index in [0.29, 0.717) is 16.9 Å². The Morgan fingerprint density at radius 2 is 1.58 bits per heavy atom. The Morgan fingerprint density at radius 1 is 0.818 bits per heavy atom. The number of nitrogens with zero attached hydrogens (tertiary/aromatic N) is 2. The molecule has 2 aromatic heterocycles. The van der Waals surface area contributed by atoms with Gasteiger partial charge in [-0.3, -0.25) is 9.59 Å². The molecule has 0 fully saturated rings. The maximum atomic E-state index is 12.9. The van der Waals surface area contributed by atoms with Gasteiger partial charge in [-0.15, -0.1) is 0 Å². The van der Waals surface area contributed by atoms with Crippen molar-refractivity contribution in [3.63, 3.8) is 0 Å². The first-order chi connectivity index (χ1) is 16.1. The van der Waals surface area contributed by atoms with E-state index in [2.05, 4.69) is 10.6 Å². The van der Waals surface area contributed by atoms with Crippen molar-refractivity contribution in [1.29, 1.82) is 0 Å². The zero-order valence-corrected chi connectivity index (χ0v) is 17.8. The van der Waals surface area contributed by atoms with Crippen LogP contribution in [0.1, 0.15) is 20.9 Å². The monoisotopic (exact) mass is 436 g/mol. The molecule has 0 aliphatic rings. The summed E-state index contributed by atoms with van der Waals surface area (Å²) < 4.78 is 7.13. The number of anilines is 2. The number of hydrogen-bond acceptors (Lipinski definition) is 4. The number of amides is 2. The number of para-hydroxylation sites is 2. The summed E-state index contributed by atoms with van der Waals surface area (Å²) in [6.45, 7) is 0. The molecule has 162 valence electrons. The number of benzene rings is 3. The molecule has 0 aliphatic carbocycles. The summed E-state index contributed by atoms with van der Waals surface area (Å²) in [5.74, 6) is 0.345. The molecule has 0 saturated heterocycles. The molecule has 5 rings (SSSR count). The van der Waals surface area contributed by atoms with Gasteiger partial charge >= 0.3 is 0 Å². The predicted octanol–water partition coefficient (Wildman–Crippen LogP) is 5.34. The van der Waals surface area contributed by atoms with Crippen molar-refractivity contribution < 1.29 is 14.0 Å². The first-order valence-electron chi connectivity index (χ1n) is 10.4. The van der Waals surface area contributed by atoms with E-state index in [-0.39, 0.29) is 17.6 Å². The van der Waals surface area contributed by atoms with Crippen LogP contribution in [0, 0.1) is 0 Å². The highest BCUT2D eigenvalue weighted by Crippen LogP contribution is 2.26. The van der Waals surface area contributed by atoms with E-state index >= 15 is 0 Å². The minimum absolute atomic E-state index is 0.198. The van der Waals surface area contributed by atoms with Gasteiger partial charge in [0.05, 0.1) is 17.3 Å². The number of aromatic nitrogens is 2. The lowest BCUT2D eigenvalue weighted by atomic mass is 10.1. The highest BCUT2D eigenvalue weighted by molar-refractivity contribution is 6.06. The molecule has 0 saturated carbocycles. The first kappa shape index (κ1) is 20.3. The molecule has 2 heterocycles. The predicted molar refractivity (Wildman–Crippen MR) is 127 cm³/mol. The molecule has 0 radical (unpaired) electrons. The summed E-state index contributed by atoms with van der Waals surface area (Å²) in [7, 11) is 1.97. The van der Waals surface area contributed by atoms with Crippen molar-refractivity contribution in [2.45, 2.75) is 0 Å². The number of hydrogen-bond donors (Lipinski definition) is 2. The Kier molecular flexibility index (Phi) is 5.20. The lowest BCUT2D eigenvalue weighted by Gasteiger charge is -2.09. The molecule has 0 unspecified atom stereocenters. The van der Waals surface area contributed by atoms with Gasteiger partial charge in [0.15, 0.2) is 5.76 Å². The second kappa shape index (κ2) is 8.47.